The van der Waals surface area contributed by atoms with Gasteiger partial charge in [0.25, 0.3) is 0 Å². The summed E-state index contributed by atoms with van der Waals surface area (Å²) in [5, 5.41) is 0. The van der Waals surface area contributed by atoms with Crippen molar-refractivity contribution in [2.75, 3.05) is 19.8 Å². The molecule has 0 saturated carbocycles. The molecule has 1 heterocycles. The standard InChI is InChI=1S/C17H33NO2/c1-3-5-6-11-16-12-7-8-13-17(19)18(16)14-9-10-15-20-4-2/h16H,3-15H2,1-2H3/t16-/m0/s1. The number of carbonyl (C=O) groups excluding carboxylic acids is 1. The number of unbranched alkanes of at least 4 members (excludes halogenated alkanes) is 3. The van der Waals surface area contributed by atoms with E-state index in [9.17, 15) is 4.79 Å². The van der Waals surface area contributed by atoms with E-state index in [1.807, 2.05) is 6.92 Å². The van der Waals surface area contributed by atoms with Gasteiger partial charge in [-0.1, -0.05) is 32.6 Å². The van der Waals surface area contributed by atoms with Crippen molar-refractivity contribution in [3.63, 3.8) is 0 Å². The molecule has 3 heteroatoms. The van der Waals surface area contributed by atoms with Crippen molar-refractivity contribution in [1.29, 1.82) is 0 Å². The van der Waals surface area contributed by atoms with E-state index >= 15 is 0 Å². The Hall–Kier alpha value is -0.570. The fourth-order valence-electron chi connectivity index (χ4n) is 3.03. The lowest BCUT2D eigenvalue weighted by Crippen LogP contribution is -2.39. The molecule has 0 spiro atoms. The number of carbonyl (C=O) groups is 1. The summed E-state index contributed by atoms with van der Waals surface area (Å²) in [5.41, 5.74) is 0. The molecule has 0 N–H and O–H groups in total. The second kappa shape index (κ2) is 11.1. The van der Waals surface area contributed by atoms with Gasteiger partial charge in [-0.25, -0.2) is 0 Å². The molecule has 0 aromatic heterocycles. The minimum atomic E-state index is 0.389. The third-order valence-electron chi connectivity index (χ3n) is 4.22. The molecule has 1 rings (SSSR count). The second-order valence-electron chi connectivity index (χ2n) is 5.89. The van der Waals surface area contributed by atoms with Gasteiger partial charge in [-0.05, 0) is 39.0 Å². The third kappa shape index (κ3) is 6.74. The van der Waals surface area contributed by atoms with Gasteiger partial charge in [0.2, 0.25) is 5.91 Å². The Morgan fingerprint density at radius 1 is 1.15 bits per heavy atom. The molecule has 0 aliphatic carbocycles. The molecule has 1 fully saturated rings. The summed E-state index contributed by atoms with van der Waals surface area (Å²) in [6.45, 7) is 6.83. The number of ether oxygens (including phenoxy) is 1. The second-order valence-corrected chi connectivity index (χ2v) is 5.89. The SMILES string of the molecule is CCCCC[C@H]1CCCCC(=O)N1CCCCOCC. The van der Waals surface area contributed by atoms with E-state index in [0.717, 1.165) is 45.4 Å². The van der Waals surface area contributed by atoms with Crippen LogP contribution in [0.3, 0.4) is 0 Å². The molecule has 3 nitrogen and oxygen atoms in total. The van der Waals surface area contributed by atoms with Crippen molar-refractivity contribution in [2.45, 2.75) is 84.1 Å². The maximum atomic E-state index is 12.3. The highest BCUT2D eigenvalue weighted by Crippen LogP contribution is 2.22. The lowest BCUT2D eigenvalue weighted by atomic mass is 10.0. The van der Waals surface area contributed by atoms with Crippen LogP contribution < -0.4 is 0 Å². The van der Waals surface area contributed by atoms with Crippen LogP contribution in [0.4, 0.5) is 0 Å². The van der Waals surface area contributed by atoms with Gasteiger partial charge in [0.15, 0.2) is 0 Å². The normalized spacial score (nSPS) is 20.2. The van der Waals surface area contributed by atoms with Crippen LogP contribution in [-0.2, 0) is 9.53 Å². The number of likely N-dealkylation sites (tertiary alicyclic amines) is 1. The lowest BCUT2D eigenvalue weighted by molar-refractivity contribution is -0.133. The summed E-state index contributed by atoms with van der Waals surface area (Å²) in [5.74, 6) is 0.389. The van der Waals surface area contributed by atoms with Crippen LogP contribution in [-0.4, -0.2) is 36.6 Å². The van der Waals surface area contributed by atoms with E-state index < -0.39 is 0 Å². The van der Waals surface area contributed by atoms with Crippen LogP contribution in [0, 0.1) is 0 Å². The minimum absolute atomic E-state index is 0.389. The highest BCUT2D eigenvalue weighted by atomic mass is 16.5. The zero-order chi connectivity index (χ0) is 14.6. The molecule has 1 atom stereocenters. The van der Waals surface area contributed by atoms with Gasteiger partial charge in [-0.2, -0.15) is 0 Å². The molecule has 20 heavy (non-hydrogen) atoms. The molecule has 0 radical (unpaired) electrons. The zero-order valence-electron chi connectivity index (χ0n) is 13.5. The zero-order valence-corrected chi connectivity index (χ0v) is 13.5. The maximum absolute atomic E-state index is 12.3. The number of nitrogens with zero attached hydrogens (tertiary/aromatic N) is 1. The molecular formula is C17H33NO2. The third-order valence-corrected chi connectivity index (χ3v) is 4.22. The Morgan fingerprint density at radius 2 is 2.00 bits per heavy atom. The van der Waals surface area contributed by atoms with Gasteiger partial charge < -0.3 is 9.64 Å². The van der Waals surface area contributed by atoms with E-state index in [1.165, 1.54) is 38.5 Å². The highest BCUT2D eigenvalue weighted by molar-refractivity contribution is 5.76. The van der Waals surface area contributed by atoms with Crippen molar-refractivity contribution in [3.8, 4) is 0 Å². The summed E-state index contributed by atoms with van der Waals surface area (Å²) >= 11 is 0. The van der Waals surface area contributed by atoms with Crippen LogP contribution in [0.2, 0.25) is 0 Å². The maximum Gasteiger partial charge on any atom is 0.222 e. The van der Waals surface area contributed by atoms with E-state index in [1.54, 1.807) is 0 Å². The van der Waals surface area contributed by atoms with Gasteiger partial charge >= 0.3 is 0 Å². The summed E-state index contributed by atoms with van der Waals surface area (Å²) < 4.78 is 5.38. The summed E-state index contributed by atoms with van der Waals surface area (Å²) in [6.07, 6.45) is 11.4. The van der Waals surface area contributed by atoms with E-state index in [4.69, 9.17) is 4.74 Å². The molecule has 0 aromatic carbocycles. The number of amides is 1. The van der Waals surface area contributed by atoms with Gasteiger partial charge in [-0.15, -0.1) is 0 Å². The molecule has 0 unspecified atom stereocenters. The van der Waals surface area contributed by atoms with Crippen LogP contribution in [0.15, 0.2) is 0 Å². The first-order valence-electron chi connectivity index (χ1n) is 8.66. The molecule has 118 valence electrons. The van der Waals surface area contributed by atoms with Crippen LogP contribution in [0.5, 0.6) is 0 Å². The first-order valence-corrected chi connectivity index (χ1v) is 8.66. The molecule has 1 aliphatic rings. The Morgan fingerprint density at radius 3 is 2.75 bits per heavy atom. The predicted molar refractivity (Wildman–Crippen MR) is 83.8 cm³/mol. The summed E-state index contributed by atoms with van der Waals surface area (Å²) in [6, 6.07) is 0.503. The predicted octanol–water partition coefficient (Wildman–Crippen LogP) is 4.15. The van der Waals surface area contributed by atoms with E-state index in [-0.39, 0.29) is 0 Å². The van der Waals surface area contributed by atoms with Crippen molar-refractivity contribution in [3.05, 3.63) is 0 Å². The van der Waals surface area contributed by atoms with E-state index in [0.29, 0.717) is 11.9 Å². The first-order chi connectivity index (χ1) is 9.79. The Kier molecular flexibility index (Phi) is 9.73. The smallest absolute Gasteiger partial charge is 0.222 e. The van der Waals surface area contributed by atoms with Crippen LogP contribution >= 0.6 is 0 Å². The molecule has 1 amide bonds. The largest absolute Gasteiger partial charge is 0.382 e. The number of hydrogen-bond donors (Lipinski definition) is 0. The molecule has 1 aliphatic heterocycles. The number of hydrogen-bond acceptors (Lipinski definition) is 2. The average molecular weight is 283 g/mol. The van der Waals surface area contributed by atoms with Crippen molar-refractivity contribution in [2.24, 2.45) is 0 Å². The van der Waals surface area contributed by atoms with Gasteiger partial charge in [0, 0.05) is 32.2 Å². The molecule has 1 saturated heterocycles. The van der Waals surface area contributed by atoms with Gasteiger partial charge in [0.05, 0.1) is 0 Å². The average Bonchev–Trinajstić information content (AvgIpc) is 2.62. The van der Waals surface area contributed by atoms with Gasteiger partial charge in [-0.3, -0.25) is 4.79 Å². The summed E-state index contributed by atoms with van der Waals surface area (Å²) in [4.78, 5) is 14.5. The summed E-state index contributed by atoms with van der Waals surface area (Å²) in [7, 11) is 0. The topological polar surface area (TPSA) is 29.5 Å². The monoisotopic (exact) mass is 283 g/mol. The van der Waals surface area contributed by atoms with Crippen molar-refractivity contribution < 1.29 is 9.53 Å². The van der Waals surface area contributed by atoms with Crippen LogP contribution in [0.25, 0.3) is 0 Å². The number of rotatable bonds is 10. The first kappa shape index (κ1) is 17.5. The minimum Gasteiger partial charge on any atom is -0.382 e. The lowest BCUT2D eigenvalue weighted by Gasteiger charge is -2.30. The molecular weight excluding hydrogens is 250 g/mol. The highest BCUT2D eigenvalue weighted by Gasteiger charge is 2.25. The van der Waals surface area contributed by atoms with Crippen molar-refractivity contribution in [1.82, 2.24) is 4.90 Å². The molecule has 0 aromatic rings. The Bertz CT molecular complexity index is 255. The Labute approximate surface area is 125 Å². The molecule has 0 bridgehead atoms. The van der Waals surface area contributed by atoms with Crippen molar-refractivity contribution >= 4 is 5.91 Å². The fraction of sp³-hybridized carbons (Fsp3) is 0.941. The van der Waals surface area contributed by atoms with Gasteiger partial charge in [0.1, 0.15) is 0 Å². The fourth-order valence-corrected chi connectivity index (χ4v) is 3.03. The Balaban J connectivity index is 2.38. The van der Waals surface area contributed by atoms with Crippen LogP contribution in [0.1, 0.15) is 78.1 Å². The van der Waals surface area contributed by atoms with E-state index in [2.05, 4.69) is 11.8 Å². The quantitative estimate of drug-likeness (QED) is 0.564.